The normalized spacial score (nSPS) is 14.4. The topological polar surface area (TPSA) is 49.9 Å². The van der Waals surface area contributed by atoms with Gasteiger partial charge in [-0.3, -0.25) is 0 Å². The minimum Gasteiger partial charge on any atom is -0.493 e. The molecule has 29 heavy (non-hydrogen) atoms. The molecule has 1 aliphatic heterocycles. The number of anilines is 1. The van der Waals surface area contributed by atoms with E-state index in [1.54, 1.807) is 7.11 Å². The third-order valence-corrected chi connectivity index (χ3v) is 5.00. The van der Waals surface area contributed by atoms with Crippen molar-refractivity contribution < 1.29 is 9.47 Å². The van der Waals surface area contributed by atoms with Gasteiger partial charge in [-0.15, -0.1) is 12.4 Å². The summed E-state index contributed by atoms with van der Waals surface area (Å²) in [6.07, 6.45) is 2.86. The highest BCUT2D eigenvalue weighted by Gasteiger charge is 2.17. The molecule has 7 heteroatoms. The average Bonchev–Trinajstić information content (AvgIpc) is 2.73. The van der Waals surface area contributed by atoms with Crippen LogP contribution in [0.1, 0.15) is 24.5 Å². The van der Waals surface area contributed by atoms with Crippen molar-refractivity contribution >= 4 is 18.2 Å². The molecule has 0 unspecified atom stereocenters. The Morgan fingerprint density at radius 3 is 2.59 bits per heavy atom. The molecule has 3 rings (SSSR count). The maximum absolute atomic E-state index is 5.82. The van der Waals surface area contributed by atoms with Gasteiger partial charge in [-0.2, -0.15) is 0 Å². The van der Waals surface area contributed by atoms with Gasteiger partial charge >= 0.3 is 0 Å². The number of aromatic nitrogens is 1. The van der Waals surface area contributed by atoms with Crippen LogP contribution in [0.15, 0.2) is 36.5 Å². The molecule has 1 aliphatic rings. The maximum Gasteiger partial charge on any atom is 0.161 e. The van der Waals surface area contributed by atoms with Crippen LogP contribution in [-0.2, 0) is 13.1 Å². The van der Waals surface area contributed by atoms with Crippen molar-refractivity contribution in [3.05, 3.63) is 47.7 Å². The van der Waals surface area contributed by atoms with E-state index in [9.17, 15) is 0 Å². The molecule has 0 radical (unpaired) electrons. The summed E-state index contributed by atoms with van der Waals surface area (Å²) in [6, 6.07) is 10.3. The number of benzene rings is 1. The van der Waals surface area contributed by atoms with E-state index in [2.05, 4.69) is 52.3 Å². The molecule has 2 aromatic rings. The van der Waals surface area contributed by atoms with Crippen molar-refractivity contribution in [2.24, 2.45) is 0 Å². The van der Waals surface area contributed by atoms with E-state index in [1.165, 1.54) is 11.1 Å². The van der Waals surface area contributed by atoms with Crippen LogP contribution >= 0.6 is 12.4 Å². The number of ether oxygens (including phenoxy) is 2. The second-order valence-electron chi connectivity index (χ2n) is 7.21. The number of likely N-dealkylation sites (N-methyl/N-ethyl adjacent to an activating group) is 1. The minimum absolute atomic E-state index is 0. The van der Waals surface area contributed by atoms with Crippen molar-refractivity contribution in [1.82, 2.24) is 15.2 Å². The second kappa shape index (κ2) is 11.9. The first-order chi connectivity index (χ1) is 13.7. The summed E-state index contributed by atoms with van der Waals surface area (Å²) in [4.78, 5) is 9.40. The summed E-state index contributed by atoms with van der Waals surface area (Å²) in [5, 5.41) is 3.55. The summed E-state index contributed by atoms with van der Waals surface area (Å²) in [7, 11) is 3.85. The Balaban J connectivity index is 0.00000300. The number of piperazine rings is 1. The first-order valence-electron chi connectivity index (χ1n) is 10.1. The number of nitrogens with zero attached hydrogens (tertiary/aromatic N) is 3. The number of halogens is 1. The van der Waals surface area contributed by atoms with E-state index in [0.29, 0.717) is 6.61 Å². The molecule has 1 aromatic heterocycles. The standard InChI is InChI=1S/C22H32N4O2.ClH/c1-4-14-28-21-15-18(7-8-20(21)27-3)16-23-17-19-6-5-9-24-22(19)26-12-10-25(2)11-13-26;/h5-9,15,23H,4,10-14,16-17H2,1-3H3;1H. The van der Waals surface area contributed by atoms with Gasteiger partial charge in [0.1, 0.15) is 5.82 Å². The van der Waals surface area contributed by atoms with E-state index >= 15 is 0 Å². The van der Waals surface area contributed by atoms with Crippen LogP contribution in [0.2, 0.25) is 0 Å². The van der Waals surface area contributed by atoms with E-state index in [4.69, 9.17) is 9.47 Å². The van der Waals surface area contributed by atoms with Gasteiger partial charge in [0.15, 0.2) is 11.5 Å². The number of methoxy groups -OCH3 is 1. The van der Waals surface area contributed by atoms with Gasteiger partial charge in [0.2, 0.25) is 0 Å². The van der Waals surface area contributed by atoms with E-state index in [0.717, 1.165) is 63.0 Å². The molecule has 0 atom stereocenters. The van der Waals surface area contributed by atoms with Crippen molar-refractivity contribution in [3.8, 4) is 11.5 Å². The fourth-order valence-electron chi connectivity index (χ4n) is 3.37. The minimum atomic E-state index is 0. The van der Waals surface area contributed by atoms with Crippen LogP contribution in [0.3, 0.4) is 0 Å². The van der Waals surface area contributed by atoms with E-state index in [-0.39, 0.29) is 12.4 Å². The largest absolute Gasteiger partial charge is 0.493 e. The Morgan fingerprint density at radius 1 is 1.07 bits per heavy atom. The summed E-state index contributed by atoms with van der Waals surface area (Å²) in [6.45, 7) is 8.55. The molecule has 6 nitrogen and oxygen atoms in total. The van der Waals surface area contributed by atoms with Crippen LogP contribution in [0, 0.1) is 0 Å². The Kier molecular flexibility index (Phi) is 9.51. The lowest BCUT2D eigenvalue weighted by molar-refractivity contribution is 0.294. The van der Waals surface area contributed by atoms with Crippen LogP contribution < -0.4 is 19.7 Å². The first kappa shape index (κ1) is 23.3. The lowest BCUT2D eigenvalue weighted by atomic mass is 10.1. The van der Waals surface area contributed by atoms with Gasteiger partial charge in [-0.05, 0) is 37.2 Å². The zero-order valence-corrected chi connectivity index (χ0v) is 18.5. The van der Waals surface area contributed by atoms with Crippen molar-refractivity contribution in [2.75, 3.05) is 51.8 Å². The van der Waals surface area contributed by atoms with Gasteiger partial charge in [0.05, 0.1) is 13.7 Å². The molecule has 0 amide bonds. The highest BCUT2D eigenvalue weighted by atomic mass is 35.5. The van der Waals surface area contributed by atoms with Crippen molar-refractivity contribution in [3.63, 3.8) is 0 Å². The third-order valence-electron chi connectivity index (χ3n) is 5.00. The molecule has 0 aliphatic carbocycles. The zero-order chi connectivity index (χ0) is 19.8. The van der Waals surface area contributed by atoms with Gasteiger partial charge in [0, 0.05) is 51.0 Å². The molecule has 1 fully saturated rings. The Bertz CT molecular complexity index is 751. The SMILES string of the molecule is CCCOc1cc(CNCc2cccnc2N2CCN(C)CC2)ccc1OC.Cl. The highest BCUT2D eigenvalue weighted by Crippen LogP contribution is 2.28. The van der Waals surface area contributed by atoms with Crippen LogP contribution in [0.4, 0.5) is 5.82 Å². The quantitative estimate of drug-likeness (QED) is 0.671. The number of nitrogens with one attached hydrogen (secondary N) is 1. The van der Waals surface area contributed by atoms with Gasteiger partial charge in [-0.1, -0.05) is 19.1 Å². The van der Waals surface area contributed by atoms with Gasteiger partial charge in [0.25, 0.3) is 0 Å². The summed E-state index contributed by atoms with van der Waals surface area (Å²) in [5.74, 6) is 2.69. The number of hydrogen-bond acceptors (Lipinski definition) is 6. The Morgan fingerprint density at radius 2 is 1.86 bits per heavy atom. The summed E-state index contributed by atoms with van der Waals surface area (Å²) in [5.41, 5.74) is 2.42. The smallest absolute Gasteiger partial charge is 0.161 e. The van der Waals surface area contributed by atoms with E-state index < -0.39 is 0 Å². The van der Waals surface area contributed by atoms with Gasteiger partial charge in [-0.25, -0.2) is 4.98 Å². The van der Waals surface area contributed by atoms with Crippen LogP contribution in [0.25, 0.3) is 0 Å². The maximum atomic E-state index is 5.82. The van der Waals surface area contributed by atoms with Crippen LogP contribution in [-0.4, -0.2) is 56.8 Å². The lowest BCUT2D eigenvalue weighted by Crippen LogP contribution is -2.45. The van der Waals surface area contributed by atoms with E-state index in [1.807, 2.05) is 18.3 Å². The fraction of sp³-hybridized carbons (Fsp3) is 0.500. The Hall–Kier alpha value is -2.02. The van der Waals surface area contributed by atoms with Crippen molar-refractivity contribution in [1.29, 1.82) is 0 Å². The Labute approximate surface area is 180 Å². The molecule has 0 spiro atoms. The monoisotopic (exact) mass is 420 g/mol. The molecular weight excluding hydrogens is 388 g/mol. The predicted octanol–water partition coefficient (Wildman–Crippen LogP) is 3.34. The first-order valence-corrected chi connectivity index (χ1v) is 10.1. The predicted molar refractivity (Wildman–Crippen MR) is 121 cm³/mol. The van der Waals surface area contributed by atoms with Gasteiger partial charge < -0.3 is 24.6 Å². The lowest BCUT2D eigenvalue weighted by Gasteiger charge is -2.34. The summed E-state index contributed by atoms with van der Waals surface area (Å²) < 4.78 is 11.2. The molecule has 1 saturated heterocycles. The zero-order valence-electron chi connectivity index (χ0n) is 17.7. The fourth-order valence-corrected chi connectivity index (χ4v) is 3.37. The molecule has 0 saturated carbocycles. The summed E-state index contributed by atoms with van der Waals surface area (Å²) >= 11 is 0. The second-order valence-corrected chi connectivity index (χ2v) is 7.21. The molecule has 1 N–H and O–H groups in total. The molecular formula is C22H33ClN4O2. The highest BCUT2D eigenvalue weighted by molar-refractivity contribution is 5.85. The number of pyridine rings is 1. The molecule has 1 aromatic carbocycles. The number of hydrogen-bond donors (Lipinski definition) is 1. The molecule has 160 valence electrons. The average molecular weight is 421 g/mol. The molecule has 2 heterocycles. The van der Waals surface area contributed by atoms with Crippen molar-refractivity contribution in [2.45, 2.75) is 26.4 Å². The van der Waals surface area contributed by atoms with Crippen LogP contribution in [0.5, 0.6) is 11.5 Å². The third kappa shape index (κ3) is 6.49. The molecule has 0 bridgehead atoms. The number of rotatable bonds is 9.